The lowest BCUT2D eigenvalue weighted by atomic mass is 10.0. The second kappa shape index (κ2) is 4.93. The predicted octanol–water partition coefficient (Wildman–Crippen LogP) is 2.30. The highest BCUT2D eigenvalue weighted by Crippen LogP contribution is 2.22. The van der Waals surface area contributed by atoms with Crippen molar-refractivity contribution in [1.82, 2.24) is 9.97 Å². The van der Waals surface area contributed by atoms with Crippen molar-refractivity contribution in [2.24, 2.45) is 5.84 Å². The molecule has 0 fully saturated rings. The van der Waals surface area contributed by atoms with Crippen molar-refractivity contribution in [2.75, 3.05) is 5.43 Å². The van der Waals surface area contributed by atoms with Crippen molar-refractivity contribution >= 4 is 5.82 Å². The summed E-state index contributed by atoms with van der Waals surface area (Å²) in [4.78, 5) is 8.84. The lowest BCUT2D eigenvalue weighted by Gasteiger charge is -2.08. The quantitative estimate of drug-likeness (QED) is 0.625. The molecule has 1 heterocycles. The largest absolute Gasteiger partial charge is 0.308 e. The van der Waals surface area contributed by atoms with E-state index in [0.717, 1.165) is 23.5 Å². The number of benzene rings is 1. The fourth-order valence-corrected chi connectivity index (χ4v) is 1.81. The van der Waals surface area contributed by atoms with E-state index in [0.29, 0.717) is 5.82 Å². The Morgan fingerprint density at radius 2 is 2.00 bits per heavy atom. The van der Waals surface area contributed by atoms with Crippen LogP contribution in [0.1, 0.15) is 18.2 Å². The zero-order chi connectivity index (χ0) is 12.3. The third-order valence-corrected chi connectivity index (χ3v) is 2.64. The molecule has 3 N–H and O–H groups in total. The minimum atomic E-state index is 0.637. The molecule has 0 unspecified atom stereocenters. The van der Waals surface area contributed by atoms with Gasteiger partial charge >= 0.3 is 0 Å². The number of rotatable bonds is 3. The lowest BCUT2D eigenvalue weighted by molar-refractivity contribution is 1.07. The Bertz CT molecular complexity index is 523. The van der Waals surface area contributed by atoms with Crippen LogP contribution in [0.15, 0.2) is 30.3 Å². The molecule has 0 amide bonds. The second-order valence-corrected chi connectivity index (χ2v) is 3.87. The molecule has 4 heteroatoms. The van der Waals surface area contributed by atoms with Crippen LogP contribution in [0.25, 0.3) is 11.4 Å². The maximum Gasteiger partial charge on any atom is 0.162 e. The minimum Gasteiger partial charge on any atom is -0.308 e. The Hall–Kier alpha value is -1.94. The molecular formula is C13H16N4. The van der Waals surface area contributed by atoms with Crippen LogP contribution >= 0.6 is 0 Å². The number of nitrogens with two attached hydrogens (primary N) is 1. The smallest absolute Gasteiger partial charge is 0.162 e. The van der Waals surface area contributed by atoms with Gasteiger partial charge in [0.25, 0.3) is 0 Å². The van der Waals surface area contributed by atoms with Crippen molar-refractivity contribution < 1.29 is 0 Å². The van der Waals surface area contributed by atoms with Crippen molar-refractivity contribution in [2.45, 2.75) is 20.3 Å². The number of aromatic nitrogens is 2. The molecule has 1 aromatic carbocycles. The third kappa shape index (κ3) is 2.42. The van der Waals surface area contributed by atoms with Gasteiger partial charge in [0.15, 0.2) is 5.82 Å². The second-order valence-electron chi connectivity index (χ2n) is 3.87. The van der Waals surface area contributed by atoms with Gasteiger partial charge in [0.05, 0.1) is 0 Å². The van der Waals surface area contributed by atoms with Crippen LogP contribution in [0.4, 0.5) is 5.82 Å². The number of hydrogen-bond donors (Lipinski definition) is 2. The number of nitrogen functional groups attached to an aromatic ring is 1. The Balaban J connectivity index is 2.55. The molecule has 2 aromatic rings. The van der Waals surface area contributed by atoms with Crippen LogP contribution in [0.2, 0.25) is 0 Å². The SMILES string of the molecule is CCc1ccccc1-c1nc(C)cc(NN)n1. The Morgan fingerprint density at radius 3 is 2.71 bits per heavy atom. The normalized spacial score (nSPS) is 10.3. The first-order valence-electron chi connectivity index (χ1n) is 5.65. The van der Waals surface area contributed by atoms with Crippen LogP contribution < -0.4 is 11.3 Å². The summed E-state index contributed by atoms with van der Waals surface area (Å²) in [5, 5.41) is 0. The highest BCUT2D eigenvalue weighted by Gasteiger charge is 2.07. The van der Waals surface area contributed by atoms with Gasteiger partial charge in [-0.1, -0.05) is 31.2 Å². The number of hydrogen-bond acceptors (Lipinski definition) is 4. The zero-order valence-electron chi connectivity index (χ0n) is 10.1. The van der Waals surface area contributed by atoms with Gasteiger partial charge in [-0.25, -0.2) is 15.8 Å². The van der Waals surface area contributed by atoms with Crippen LogP contribution in [0.5, 0.6) is 0 Å². The molecule has 0 aliphatic rings. The number of hydrazine groups is 1. The molecule has 2 rings (SSSR count). The molecule has 1 aromatic heterocycles. The van der Waals surface area contributed by atoms with E-state index in [9.17, 15) is 0 Å². The zero-order valence-corrected chi connectivity index (χ0v) is 10.1. The molecule has 0 bridgehead atoms. The molecule has 0 aliphatic heterocycles. The van der Waals surface area contributed by atoms with Gasteiger partial charge in [-0.3, -0.25) is 0 Å². The molecule has 0 atom stereocenters. The summed E-state index contributed by atoms with van der Waals surface area (Å²) in [5.74, 6) is 6.75. The topological polar surface area (TPSA) is 63.8 Å². The van der Waals surface area contributed by atoms with E-state index in [1.54, 1.807) is 0 Å². The molecule has 0 aliphatic carbocycles. The standard InChI is InChI=1S/C13H16N4/c1-3-10-6-4-5-7-11(10)13-15-9(2)8-12(16-13)17-14/h4-8H,3,14H2,1-2H3,(H,15,16,17). The Morgan fingerprint density at radius 1 is 1.24 bits per heavy atom. The minimum absolute atomic E-state index is 0.637. The van der Waals surface area contributed by atoms with E-state index in [-0.39, 0.29) is 0 Å². The fraction of sp³-hybridized carbons (Fsp3) is 0.231. The van der Waals surface area contributed by atoms with E-state index < -0.39 is 0 Å². The summed E-state index contributed by atoms with van der Waals surface area (Å²) < 4.78 is 0. The summed E-state index contributed by atoms with van der Waals surface area (Å²) in [6, 6.07) is 9.97. The molecule has 17 heavy (non-hydrogen) atoms. The monoisotopic (exact) mass is 228 g/mol. The average molecular weight is 228 g/mol. The number of aryl methyl sites for hydroxylation is 2. The highest BCUT2D eigenvalue weighted by molar-refractivity contribution is 5.62. The van der Waals surface area contributed by atoms with Crippen molar-refractivity contribution in [3.63, 3.8) is 0 Å². The molecule has 0 saturated heterocycles. The van der Waals surface area contributed by atoms with E-state index in [4.69, 9.17) is 5.84 Å². The summed E-state index contributed by atoms with van der Waals surface area (Å²) in [7, 11) is 0. The van der Waals surface area contributed by atoms with Crippen LogP contribution in [-0.2, 0) is 6.42 Å². The predicted molar refractivity (Wildman–Crippen MR) is 69.4 cm³/mol. The lowest BCUT2D eigenvalue weighted by Crippen LogP contribution is -2.10. The first-order chi connectivity index (χ1) is 8.24. The van der Waals surface area contributed by atoms with Gasteiger partial charge < -0.3 is 5.43 Å². The first kappa shape index (κ1) is 11.5. The van der Waals surface area contributed by atoms with E-state index in [2.05, 4.69) is 28.4 Å². The van der Waals surface area contributed by atoms with Crippen LogP contribution in [0.3, 0.4) is 0 Å². The van der Waals surface area contributed by atoms with Gasteiger partial charge in [-0.15, -0.1) is 0 Å². The van der Waals surface area contributed by atoms with Gasteiger partial charge in [-0.2, -0.15) is 0 Å². The molecule has 0 saturated carbocycles. The van der Waals surface area contributed by atoms with Crippen molar-refractivity contribution in [3.8, 4) is 11.4 Å². The van der Waals surface area contributed by atoms with Gasteiger partial charge in [0, 0.05) is 17.3 Å². The first-order valence-corrected chi connectivity index (χ1v) is 5.65. The summed E-state index contributed by atoms with van der Waals surface area (Å²) >= 11 is 0. The van der Waals surface area contributed by atoms with Crippen LogP contribution in [0, 0.1) is 6.92 Å². The average Bonchev–Trinajstić information content (AvgIpc) is 2.37. The molecular weight excluding hydrogens is 212 g/mol. The number of anilines is 1. The molecule has 88 valence electrons. The summed E-state index contributed by atoms with van der Waals surface area (Å²) in [6.45, 7) is 4.05. The third-order valence-electron chi connectivity index (χ3n) is 2.64. The van der Waals surface area contributed by atoms with E-state index in [1.807, 2.05) is 31.2 Å². The number of nitrogens with zero attached hydrogens (tertiary/aromatic N) is 2. The van der Waals surface area contributed by atoms with E-state index in [1.165, 1.54) is 5.56 Å². The van der Waals surface area contributed by atoms with Crippen molar-refractivity contribution in [3.05, 3.63) is 41.6 Å². The molecule has 0 radical (unpaired) electrons. The maximum absolute atomic E-state index is 5.40. The fourth-order valence-electron chi connectivity index (χ4n) is 1.81. The highest BCUT2D eigenvalue weighted by atomic mass is 15.3. The maximum atomic E-state index is 5.40. The van der Waals surface area contributed by atoms with Gasteiger partial charge in [0.2, 0.25) is 0 Å². The van der Waals surface area contributed by atoms with Gasteiger partial charge in [0.1, 0.15) is 5.82 Å². The van der Waals surface area contributed by atoms with Crippen molar-refractivity contribution in [1.29, 1.82) is 0 Å². The van der Waals surface area contributed by atoms with Crippen LogP contribution in [-0.4, -0.2) is 9.97 Å². The molecule has 0 spiro atoms. The van der Waals surface area contributed by atoms with Gasteiger partial charge in [-0.05, 0) is 18.9 Å². The Labute approximate surface area is 101 Å². The molecule has 4 nitrogen and oxygen atoms in total. The number of nitrogens with one attached hydrogen (secondary N) is 1. The summed E-state index contributed by atoms with van der Waals surface area (Å²) in [5.41, 5.74) is 5.76. The Kier molecular flexibility index (Phi) is 3.35. The van der Waals surface area contributed by atoms with E-state index >= 15 is 0 Å². The summed E-state index contributed by atoms with van der Waals surface area (Å²) in [6.07, 6.45) is 0.957.